The number of phenolic OH excluding ortho intramolecular Hbond substituents is 1. The fraction of sp³-hybridized carbons (Fsp3) is 0.0870. The second kappa shape index (κ2) is 8.58. The van der Waals surface area contributed by atoms with Crippen molar-refractivity contribution < 1.29 is 23.8 Å². The van der Waals surface area contributed by atoms with E-state index in [0.717, 1.165) is 0 Å². The molecule has 0 bridgehead atoms. The standard InChI is InChI=1S/C23H19N3O5/c1-29-19-6-4-16(12-21(19)30-2)26-23-18(22(28)25-15-7-9-24-10-8-15)11-14-3-5-17(27)13-20(14)31-23/h3-13,27H,1-2H3,(H,24,25,28). The molecule has 4 aromatic rings. The summed E-state index contributed by atoms with van der Waals surface area (Å²) in [7, 11) is 3.07. The van der Waals surface area contributed by atoms with Crippen molar-refractivity contribution in [2.45, 2.75) is 0 Å². The Balaban J connectivity index is 1.86. The van der Waals surface area contributed by atoms with Crippen LogP contribution in [0.25, 0.3) is 11.0 Å². The number of hydrogen-bond donors (Lipinski definition) is 2. The summed E-state index contributed by atoms with van der Waals surface area (Å²) in [6, 6.07) is 14.8. The summed E-state index contributed by atoms with van der Waals surface area (Å²) in [6.07, 6.45) is 3.16. The van der Waals surface area contributed by atoms with E-state index in [4.69, 9.17) is 13.9 Å². The Labute approximate surface area is 177 Å². The van der Waals surface area contributed by atoms with Crippen molar-refractivity contribution in [3.05, 3.63) is 78.1 Å². The number of rotatable bonds is 5. The average Bonchev–Trinajstić information content (AvgIpc) is 2.79. The molecule has 156 valence electrons. The van der Waals surface area contributed by atoms with E-state index in [1.54, 1.807) is 62.0 Å². The van der Waals surface area contributed by atoms with Gasteiger partial charge >= 0.3 is 0 Å². The summed E-state index contributed by atoms with van der Waals surface area (Å²) in [4.78, 5) is 21.5. The molecule has 1 amide bonds. The lowest BCUT2D eigenvalue weighted by atomic mass is 10.1. The maximum absolute atomic E-state index is 13.0. The quantitative estimate of drug-likeness (QED) is 0.508. The predicted molar refractivity (Wildman–Crippen MR) is 115 cm³/mol. The van der Waals surface area contributed by atoms with Gasteiger partial charge in [-0.3, -0.25) is 9.78 Å². The van der Waals surface area contributed by atoms with Gasteiger partial charge in [0.25, 0.3) is 5.91 Å². The van der Waals surface area contributed by atoms with Crippen LogP contribution in [0.4, 0.5) is 11.4 Å². The van der Waals surface area contributed by atoms with Crippen molar-refractivity contribution in [1.29, 1.82) is 0 Å². The fourth-order valence-corrected chi connectivity index (χ4v) is 3.00. The molecule has 4 rings (SSSR count). The zero-order valence-corrected chi connectivity index (χ0v) is 16.8. The molecule has 8 nitrogen and oxygen atoms in total. The number of hydrogen-bond acceptors (Lipinski definition) is 7. The van der Waals surface area contributed by atoms with Crippen LogP contribution in [0.1, 0.15) is 10.4 Å². The molecule has 0 saturated heterocycles. The first-order chi connectivity index (χ1) is 15.1. The van der Waals surface area contributed by atoms with Crippen molar-refractivity contribution in [2.24, 2.45) is 4.99 Å². The highest BCUT2D eigenvalue weighted by molar-refractivity contribution is 6.05. The smallest absolute Gasteiger partial charge is 0.261 e. The third-order valence-electron chi connectivity index (χ3n) is 4.51. The van der Waals surface area contributed by atoms with Crippen LogP contribution in [0.5, 0.6) is 17.2 Å². The van der Waals surface area contributed by atoms with E-state index >= 15 is 0 Å². The number of phenols is 1. The van der Waals surface area contributed by atoms with Crippen molar-refractivity contribution in [1.82, 2.24) is 4.98 Å². The predicted octanol–water partition coefficient (Wildman–Crippen LogP) is 4.04. The third-order valence-corrected chi connectivity index (χ3v) is 4.51. The SMILES string of the molecule is COc1ccc(N=c2oc3cc(O)ccc3cc2C(=O)Nc2ccncc2)cc1OC. The maximum Gasteiger partial charge on any atom is 0.261 e. The summed E-state index contributed by atoms with van der Waals surface area (Å²) in [5.74, 6) is 0.689. The van der Waals surface area contributed by atoms with Gasteiger partial charge in [0, 0.05) is 35.6 Å². The van der Waals surface area contributed by atoms with Gasteiger partial charge in [0.2, 0.25) is 5.55 Å². The van der Waals surface area contributed by atoms with Crippen LogP contribution in [0, 0.1) is 0 Å². The van der Waals surface area contributed by atoms with E-state index in [1.165, 1.54) is 19.2 Å². The number of benzene rings is 2. The lowest BCUT2D eigenvalue weighted by molar-refractivity contribution is 0.102. The number of carbonyl (C=O) groups excluding carboxylic acids is 1. The van der Waals surface area contributed by atoms with Crippen molar-refractivity contribution in [2.75, 3.05) is 19.5 Å². The van der Waals surface area contributed by atoms with Crippen LogP contribution in [0.2, 0.25) is 0 Å². The van der Waals surface area contributed by atoms with Gasteiger partial charge in [0.1, 0.15) is 16.9 Å². The van der Waals surface area contributed by atoms with Crippen LogP contribution >= 0.6 is 0 Å². The van der Waals surface area contributed by atoms with Gasteiger partial charge in [-0.05, 0) is 42.5 Å². The topological polar surface area (TPSA) is 106 Å². The number of aromatic hydroxyl groups is 1. The van der Waals surface area contributed by atoms with Gasteiger partial charge in [0.05, 0.1) is 19.9 Å². The molecule has 0 saturated carbocycles. The first kappa shape index (κ1) is 20.0. The molecule has 2 aromatic carbocycles. The summed E-state index contributed by atoms with van der Waals surface area (Å²) < 4.78 is 16.5. The zero-order valence-electron chi connectivity index (χ0n) is 16.8. The molecule has 8 heteroatoms. The van der Waals surface area contributed by atoms with Crippen LogP contribution in [0.3, 0.4) is 0 Å². The molecule has 0 aliphatic heterocycles. The van der Waals surface area contributed by atoms with Crippen molar-refractivity contribution >= 4 is 28.3 Å². The lowest BCUT2D eigenvalue weighted by Gasteiger charge is -2.09. The van der Waals surface area contributed by atoms with Crippen LogP contribution in [-0.4, -0.2) is 30.2 Å². The minimum atomic E-state index is -0.399. The number of anilines is 1. The molecule has 2 heterocycles. The molecule has 0 atom stereocenters. The van der Waals surface area contributed by atoms with Crippen molar-refractivity contribution in [3.63, 3.8) is 0 Å². The van der Waals surface area contributed by atoms with E-state index in [2.05, 4.69) is 15.3 Å². The highest BCUT2D eigenvalue weighted by Crippen LogP contribution is 2.31. The number of fused-ring (bicyclic) bond motifs is 1. The molecule has 2 aromatic heterocycles. The monoisotopic (exact) mass is 417 g/mol. The molecular weight excluding hydrogens is 398 g/mol. The third kappa shape index (κ3) is 4.32. The molecule has 2 N–H and O–H groups in total. The Hall–Kier alpha value is -4.33. The highest BCUT2D eigenvalue weighted by atomic mass is 16.5. The normalized spacial score (nSPS) is 11.4. The van der Waals surface area contributed by atoms with E-state index in [-0.39, 0.29) is 16.9 Å². The number of nitrogens with one attached hydrogen (secondary N) is 1. The average molecular weight is 417 g/mol. The van der Waals surface area contributed by atoms with Crippen LogP contribution in [-0.2, 0) is 0 Å². The van der Waals surface area contributed by atoms with Gasteiger partial charge in [-0.15, -0.1) is 0 Å². The van der Waals surface area contributed by atoms with Gasteiger partial charge in [0.15, 0.2) is 11.5 Å². The number of nitrogens with zero attached hydrogens (tertiary/aromatic N) is 2. The summed E-state index contributed by atoms with van der Waals surface area (Å²) >= 11 is 0. The molecule has 0 aliphatic carbocycles. The number of carbonyl (C=O) groups is 1. The molecule has 31 heavy (non-hydrogen) atoms. The Morgan fingerprint density at radius 2 is 1.77 bits per heavy atom. The number of methoxy groups -OCH3 is 2. The number of aromatic nitrogens is 1. The van der Waals surface area contributed by atoms with Gasteiger partial charge in [-0.2, -0.15) is 0 Å². The fourth-order valence-electron chi connectivity index (χ4n) is 3.00. The van der Waals surface area contributed by atoms with Crippen LogP contribution < -0.4 is 20.3 Å². The Kier molecular flexibility index (Phi) is 5.53. The van der Waals surface area contributed by atoms with Crippen LogP contribution in [0.15, 0.2) is 76.4 Å². The number of ether oxygens (including phenoxy) is 2. The Bertz CT molecular complexity index is 1320. The first-order valence-electron chi connectivity index (χ1n) is 9.32. The molecule has 0 spiro atoms. The minimum absolute atomic E-state index is 0.0438. The van der Waals surface area contributed by atoms with E-state index < -0.39 is 5.91 Å². The van der Waals surface area contributed by atoms with Gasteiger partial charge in [-0.25, -0.2) is 4.99 Å². The first-order valence-corrected chi connectivity index (χ1v) is 9.32. The number of amides is 1. The summed E-state index contributed by atoms with van der Waals surface area (Å²) in [5.41, 5.74) is 1.78. The molecule has 0 fully saturated rings. The number of pyridine rings is 1. The molecule has 0 aliphatic rings. The Morgan fingerprint density at radius 3 is 2.52 bits per heavy atom. The summed E-state index contributed by atoms with van der Waals surface area (Å²) in [5, 5.41) is 13.3. The lowest BCUT2D eigenvalue weighted by Crippen LogP contribution is -2.21. The van der Waals surface area contributed by atoms with E-state index in [1.807, 2.05) is 0 Å². The minimum Gasteiger partial charge on any atom is -0.508 e. The van der Waals surface area contributed by atoms with Crippen molar-refractivity contribution in [3.8, 4) is 17.2 Å². The largest absolute Gasteiger partial charge is 0.508 e. The summed E-state index contributed by atoms with van der Waals surface area (Å²) in [6.45, 7) is 0. The second-order valence-electron chi connectivity index (χ2n) is 6.53. The second-order valence-corrected chi connectivity index (χ2v) is 6.53. The maximum atomic E-state index is 13.0. The van der Waals surface area contributed by atoms with Gasteiger partial charge < -0.3 is 24.3 Å². The molecule has 0 radical (unpaired) electrons. The van der Waals surface area contributed by atoms with E-state index in [9.17, 15) is 9.90 Å². The highest BCUT2D eigenvalue weighted by Gasteiger charge is 2.14. The van der Waals surface area contributed by atoms with Gasteiger partial charge in [-0.1, -0.05) is 0 Å². The molecule has 0 unspecified atom stereocenters. The zero-order chi connectivity index (χ0) is 21.8. The molecular formula is C23H19N3O5. The Morgan fingerprint density at radius 1 is 1.00 bits per heavy atom. The van der Waals surface area contributed by atoms with E-state index in [0.29, 0.717) is 33.8 Å².